The van der Waals surface area contributed by atoms with E-state index in [9.17, 15) is 4.79 Å². The van der Waals surface area contributed by atoms with Crippen LogP contribution in [0, 0.1) is 0 Å². The molecule has 1 amide bonds. The summed E-state index contributed by atoms with van der Waals surface area (Å²) in [4.78, 5) is 27.5. The number of halogens is 1. The first-order valence-electron chi connectivity index (χ1n) is 7.05. The topological polar surface area (TPSA) is 71.5 Å². The van der Waals surface area contributed by atoms with Gasteiger partial charge in [0.1, 0.15) is 0 Å². The zero-order valence-electron chi connectivity index (χ0n) is 13.0. The van der Waals surface area contributed by atoms with Crippen molar-refractivity contribution in [2.24, 2.45) is 0 Å². The van der Waals surface area contributed by atoms with Gasteiger partial charge in [-0.3, -0.25) is 4.79 Å². The lowest BCUT2D eigenvalue weighted by Crippen LogP contribution is -2.39. The first-order chi connectivity index (χ1) is 10.0. The monoisotopic (exact) mass is 315 g/mol. The molecule has 0 saturated heterocycles. The van der Waals surface area contributed by atoms with E-state index in [1.165, 1.54) is 0 Å². The number of hydrogen-bond acceptors (Lipinski definition) is 6. The van der Waals surface area contributed by atoms with Crippen molar-refractivity contribution in [3.05, 3.63) is 5.28 Å². The van der Waals surface area contributed by atoms with E-state index in [0.29, 0.717) is 25.6 Å². The Morgan fingerprint density at radius 1 is 1.19 bits per heavy atom. The molecule has 1 aromatic rings. The fourth-order valence-corrected chi connectivity index (χ4v) is 1.85. The van der Waals surface area contributed by atoms with Crippen molar-refractivity contribution in [1.82, 2.24) is 19.9 Å². The largest absolute Gasteiger partial charge is 0.463 e. The molecule has 0 aliphatic carbocycles. The van der Waals surface area contributed by atoms with Gasteiger partial charge in [-0.25, -0.2) is 0 Å². The highest BCUT2D eigenvalue weighted by Gasteiger charge is 2.16. The normalized spacial score (nSPS) is 10.3. The van der Waals surface area contributed by atoms with E-state index < -0.39 is 0 Å². The van der Waals surface area contributed by atoms with Crippen LogP contribution in [-0.2, 0) is 4.79 Å². The van der Waals surface area contributed by atoms with Gasteiger partial charge in [-0.15, -0.1) is 0 Å². The van der Waals surface area contributed by atoms with Gasteiger partial charge in [0, 0.05) is 20.1 Å². The van der Waals surface area contributed by atoms with Crippen LogP contribution >= 0.6 is 11.6 Å². The number of rotatable bonds is 8. The first-order valence-corrected chi connectivity index (χ1v) is 7.42. The van der Waals surface area contributed by atoms with E-state index in [1.807, 2.05) is 20.8 Å². The minimum atomic E-state index is 0.00932. The summed E-state index contributed by atoms with van der Waals surface area (Å²) in [5, 5.41) is 0.0493. The van der Waals surface area contributed by atoms with Gasteiger partial charge in [0.15, 0.2) is 0 Å². The summed E-state index contributed by atoms with van der Waals surface area (Å²) >= 11 is 5.86. The van der Waals surface area contributed by atoms with Gasteiger partial charge in [-0.2, -0.15) is 15.0 Å². The van der Waals surface area contributed by atoms with Gasteiger partial charge in [-0.1, -0.05) is 6.92 Å². The molecule has 0 aromatic carbocycles. The van der Waals surface area contributed by atoms with Crippen molar-refractivity contribution >= 4 is 23.5 Å². The molecule has 0 saturated carbocycles. The number of aromatic nitrogens is 3. The number of carbonyl (C=O) groups is 1. The summed E-state index contributed by atoms with van der Waals surface area (Å²) in [5.41, 5.74) is 0. The van der Waals surface area contributed by atoms with Crippen molar-refractivity contribution in [2.75, 3.05) is 38.2 Å². The van der Waals surface area contributed by atoms with Crippen LogP contribution in [0.3, 0.4) is 0 Å². The molecule has 1 heterocycles. The second-order valence-corrected chi connectivity index (χ2v) is 4.80. The number of nitrogens with zero attached hydrogens (tertiary/aromatic N) is 5. The van der Waals surface area contributed by atoms with E-state index in [4.69, 9.17) is 16.3 Å². The molecule has 0 bridgehead atoms. The SMILES string of the molecule is CCCOc1nc(Cl)nc(N(C)CC(=O)N(CC)CC)n1. The molecule has 0 N–H and O–H groups in total. The van der Waals surface area contributed by atoms with Gasteiger partial charge in [0.25, 0.3) is 0 Å². The Morgan fingerprint density at radius 2 is 1.86 bits per heavy atom. The maximum atomic E-state index is 12.1. The van der Waals surface area contributed by atoms with Crippen LogP contribution in [0.1, 0.15) is 27.2 Å². The zero-order valence-corrected chi connectivity index (χ0v) is 13.7. The summed E-state index contributed by atoms with van der Waals surface area (Å²) in [6.07, 6.45) is 0.842. The van der Waals surface area contributed by atoms with Crippen LogP contribution in [0.2, 0.25) is 5.28 Å². The lowest BCUT2D eigenvalue weighted by atomic mass is 10.4. The highest BCUT2D eigenvalue weighted by atomic mass is 35.5. The molecular formula is C13H22ClN5O2. The first kappa shape index (κ1) is 17.4. The third-order valence-electron chi connectivity index (χ3n) is 2.84. The standard InChI is InChI=1S/C13H22ClN5O2/c1-5-8-21-13-16-11(14)15-12(17-13)18(4)9-10(20)19(6-2)7-3/h5-9H2,1-4H3. The van der Waals surface area contributed by atoms with Crippen molar-refractivity contribution in [1.29, 1.82) is 0 Å². The Kier molecular flexibility index (Phi) is 7.14. The average molecular weight is 316 g/mol. The second kappa shape index (κ2) is 8.61. The maximum absolute atomic E-state index is 12.1. The van der Waals surface area contributed by atoms with E-state index in [1.54, 1.807) is 16.8 Å². The van der Waals surface area contributed by atoms with Gasteiger partial charge in [0.05, 0.1) is 13.2 Å². The molecule has 0 atom stereocenters. The molecule has 0 spiro atoms. The molecule has 1 rings (SSSR count). The number of carbonyl (C=O) groups excluding carboxylic acids is 1. The minimum Gasteiger partial charge on any atom is -0.463 e. The molecule has 118 valence electrons. The molecule has 0 aliphatic rings. The smallest absolute Gasteiger partial charge is 0.322 e. The minimum absolute atomic E-state index is 0.00932. The number of anilines is 1. The molecule has 1 aromatic heterocycles. The highest BCUT2D eigenvalue weighted by molar-refractivity contribution is 6.28. The third kappa shape index (κ3) is 5.34. The number of amides is 1. The molecule has 7 nitrogen and oxygen atoms in total. The number of hydrogen-bond donors (Lipinski definition) is 0. The quantitative estimate of drug-likeness (QED) is 0.726. The second-order valence-electron chi connectivity index (χ2n) is 4.46. The molecule has 0 unspecified atom stereocenters. The molecular weight excluding hydrogens is 294 g/mol. The van der Waals surface area contributed by atoms with E-state index in [2.05, 4.69) is 15.0 Å². The van der Waals surface area contributed by atoms with Crippen molar-refractivity contribution in [3.8, 4) is 6.01 Å². The lowest BCUT2D eigenvalue weighted by molar-refractivity contribution is -0.129. The Balaban J connectivity index is 2.79. The van der Waals surface area contributed by atoms with Gasteiger partial charge in [-0.05, 0) is 31.9 Å². The third-order valence-corrected chi connectivity index (χ3v) is 3.01. The van der Waals surface area contributed by atoms with Gasteiger partial charge >= 0.3 is 6.01 Å². The van der Waals surface area contributed by atoms with E-state index in [0.717, 1.165) is 6.42 Å². The van der Waals surface area contributed by atoms with Crippen LogP contribution < -0.4 is 9.64 Å². The van der Waals surface area contributed by atoms with Crippen LogP contribution in [0.4, 0.5) is 5.95 Å². The Labute approximate surface area is 130 Å². The highest BCUT2D eigenvalue weighted by Crippen LogP contribution is 2.14. The van der Waals surface area contributed by atoms with Gasteiger partial charge < -0.3 is 14.5 Å². The molecule has 21 heavy (non-hydrogen) atoms. The van der Waals surface area contributed by atoms with Crippen molar-refractivity contribution in [3.63, 3.8) is 0 Å². The summed E-state index contributed by atoms with van der Waals surface area (Å²) < 4.78 is 5.35. The predicted molar refractivity (Wildman–Crippen MR) is 81.8 cm³/mol. The van der Waals surface area contributed by atoms with E-state index in [-0.39, 0.29) is 23.7 Å². The Bertz CT molecular complexity index is 468. The Hall–Kier alpha value is -1.63. The van der Waals surface area contributed by atoms with Crippen molar-refractivity contribution in [2.45, 2.75) is 27.2 Å². The molecule has 0 fully saturated rings. The zero-order chi connectivity index (χ0) is 15.8. The van der Waals surface area contributed by atoms with Crippen LogP contribution in [0.15, 0.2) is 0 Å². The molecule has 0 aliphatic heterocycles. The van der Waals surface area contributed by atoms with Crippen LogP contribution in [0.25, 0.3) is 0 Å². The average Bonchev–Trinajstić information content (AvgIpc) is 2.45. The predicted octanol–water partition coefficient (Wildman–Crippen LogP) is 1.62. The Morgan fingerprint density at radius 3 is 2.43 bits per heavy atom. The summed E-state index contributed by atoms with van der Waals surface area (Å²) in [5.74, 6) is 0.330. The summed E-state index contributed by atoms with van der Waals surface area (Å²) in [7, 11) is 1.73. The van der Waals surface area contributed by atoms with Crippen molar-refractivity contribution < 1.29 is 9.53 Å². The van der Waals surface area contributed by atoms with Crippen LogP contribution in [0.5, 0.6) is 6.01 Å². The van der Waals surface area contributed by atoms with Gasteiger partial charge in [0.2, 0.25) is 17.1 Å². The van der Waals surface area contributed by atoms with E-state index >= 15 is 0 Å². The molecule has 8 heteroatoms. The number of ether oxygens (including phenoxy) is 1. The summed E-state index contributed by atoms with van der Waals surface area (Å²) in [6, 6.07) is 0.175. The lowest BCUT2D eigenvalue weighted by Gasteiger charge is -2.23. The fraction of sp³-hybridized carbons (Fsp3) is 0.692. The fourth-order valence-electron chi connectivity index (χ4n) is 1.70. The molecule has 0 radical (unpaired) electrons. The number of likely N-dealkylation sites (N-methyl/N-ethyl adjacent to an activating group) is 2. The summed E-state index contributed by atoms with van der Waals surface area (Å²) in [6.45, 7) is 7.89. The maximum Gasteiger partial charge on any atom is 0.322 e. The van der Waals surface area contributed by atoms with Crippen LogP contribution in [-0.4, -0.2) is 59.0 Å².